The second-order valence-corrected chi connectivity index (χ2v) is 5.70. The minimum atomic E-state index is -0.577. The minimum absolute atomic E-state index is 0.125. The number of aromatic nitrogens is 1. The molecule has 25 heavy (non-hydrogen) atoms. The van der Waals surface area contributed by atoms with E-state index in [0.29, 0.717) is 16.9 Å². The highest BCUT2D eigenvalue weighted by molar-refractivity contribution is 6.30. The first-order valence-electron chi connectivity index (χ1n) is 7.44. The molecule has 132 valence electrons. The second-order valence-electron chi connectivity index (χ2n) is 5.43. The lowest BCUT2D eigenvalue weighted by Gasteiger charge is -2.13. The Kier molecular flexibility index (Phi) is 5.64. The third-order valence-corrected chi connectivity index (χ3v) is 4.11. The summed E-state index contributed by atoms with van der Waals surface area (Å²) in [6.07, 6.45) is 0. The normalized spacial score (nSPS) is 10.4. The quantitative estimate of drug-likeness (QED) is 0.463. The molecule has 1 aromatic carbocycles. The van der Waals surface area contributed by atoms with Gasteiger partial charge >= 0.3 is 11.9 Å². The Morgan fingerprint density at radius 1 is 0.960 bits per heavy atom. The summed E-state index contributed by atoms with van der Waals surface area (Å²) in [5, 5.41) is 0. The van der Waals surface area contributed by atoms with E-state index in [1.165, 1.54) is 20.3 Å². The van der Waals surface area contributed by atoms with E-state index in [-0.39, 0.29) is 22.8 Å². The number of alkyl halides is 1. The fraction of sp³-hybridized carbons (Fsp3) is 0.278. The molecule has 0 atom stereocenters. The smallest absolute Gasteiger partial charge is 0.337 e. The Hall–Kier alpha value is -2.60. The number of hydrogen-bond donors (Lipinski definition) is 0. The Labute approximate surface area is 150 Å². The second kappa shape index (κ2) is 7.53. The number of benzene rings is 1. The van der Waals surface area contributed by atoms with Gasteiger partial charge in [0, 0.05) is 22.6 Å². The van der Waals surface area contributed by atoms with Crippen LogP contribution in [0.2, 0.25) is 0 Å². The van der Waals surface area contributed by atoms with Crippen LogP contribution in [0.1, 0.15) is 42.5 Å². The van der Waals surface area contributed by atoms with E-state index in [0.717, 1.165) is 5.69 Å². The molecule has 0 spiro atoms. The molecule has 0 aliphatic heterocycles. The van der Waals surface area contributed by atoms with E-state index in [1.54, 1.807) is 29.7 Å². The van der Waals surface area contributed by atoms with Gasteiger partial charge in [-0.2, -0.15) is 0 Å². The van der Waals surface area contributed by atoms with Gasteiger partial charge in [0.15, 0.2) is 5.78 Å². The van der Waals surface area contributed by atoms with Crippen LogP contribution in [0.5, 0.6) is 0 Å². The van der Waals surface area contributed by atoms with E-state index in [4.69, 9.17) is 21.1 Å². The van der Waals surface area contributed by atoms with Crippen molar-refractivity contribution in [3.05, 3.63) is 52.3 Å². The monoisotopic (exact) mass is 363 g/mol. The number of carbonyl (C=O) groups is 3. The predicted octanol–water partition coefficient (Wildman–Crippen LogP) is 3.09. The third kappa shape index (κ3) is 3.58. The molecule has 0 radical (unpaired) electrons. The van der Waals surface area contributed by atoms with Crippen LogP contribution in [0.3, 0.4) is 0 Å². The highest BCUT2D eigenvalue weighted by Gasteiger charge is 2.19. The molecule has 0 aliphatic carbocycles. The van der Waals surface area contributed by atoms with Crippen molar-refractivity contribution in [1.29, 1.82) is 0 Å². The summed E-state index contributed by atoms with van der Waals surface area (Å²) < 4.78 is 11.3. The number of rotatable bonds is 5. The van der Waals surface area contributed by atoms with Crippen LogP contribution in [0.4, 0.5) is 0 Å². The molecule has 0 aliphatic rings. The zero-order valence-electron chi connectivity index (χ0n) is 14.4. The Morgan fingerprint density at radius 2 is 1.48 bits per heavy atom. The highest BCUT2D eigenvalue weighted by Crippen LogP contribution is 2.24. The molecule has 0 saturated carbocycles. The first-order valence-corrected chi connectivity index (χ1v) is 7.97. The summed E-state index contributed by atoms with van der Waals surface area (Å²) in [5.74, 6) is -1.48. The number of nitrogens with zero attached hydrogens (tertiary/aromatic N) is 1. The van der Waals surface area contributed by atoms with Gasteiger partial charge in [0.25, 0.3) is 0 Å². The molecule has 1 heterocycles. The lowest BCUT2D eigenvalue weighted by Crippen LogP contribution is -2.10. The van der Waals surface area contributed by atoms with Crippen molar-refractivity contribution in [2.75, 3.05) is 20.1 Å². The largest absolute Gasteiger partial charge is 0.465 e. The average Bonchev–Trinajstić information content (AvgIpc) is 2.93. The molecule has 2 rings (SSSR count). The van der Waals surface area contributed by atoms with E-state index < -0.39 is 11.9 Å². The molecule has 0 saturated heterocycles. The molecule has 6 nitrogen and oxygen atoms in total. The Bertz CT molecular complexity index is 819. The van der Waals surface area contributed by atoms with Crippen LogP contribution in [0.25, 0.3) is 5.69 Å². The maximum atomic E-state index is 12.0. The minimum Gasteiger partial charge on any atom is -0.465 e. The number of hydrogen-bond acceptors (Lipinski definition) is 5. The fourth-order valence-corrected chi connectivity index (χ4v) is 2.87. The van der Waals surface area contributed by atoms with Crippen molar-refractivity contribution >= 4 is 29.3 Å². The Morgan fingerprint density at radius 3 is 1.92 bits per heavy atom. The van der Waals surface area contributed by atoms with Gasteiger partial charge in [-0.15, -0.1) is 11.6 Å². The van der Waals surface area contributed by atoms with Crippen LogP contribution in [0.15, 0.2) is 24.3 Å². The number of ether oxygens (including phenoxy) is 2. The van der Waals surface area contributed by atoms with E-state index in [1.807, 2.05) is 6.92 Å². The number of aryl methyl sites for hydroxylation is 1. The van der Waals surface area contributed by atoms with E-state index in [9.17, 15) is 14.4 Å². The SMILES string of the molecule is COC(=O)c1cc(C(=O)OC)cc(-n2c(C)cc(C(=O)CCl)c2C)c1. The number of esters is 2. The molecule has 2 aromatic rings. The maximum Gasteiger partial charge on any atom is 0.337 e. The summed E-state index contributed by atoms with van der Waals surface area (Å²) in [5.41, 5.74) is 2.89. The molecule has 0 amide bonds. The molecule has 7 heteroatoms. The van der Waals surface area contributed by atoms with Gasteiger partial charge in [-0.3, -0.25) is 4.79 Å². The lowest BCUT2D eigenvalue weighted by molar-refractivity contribution is 0.0599. The van der Waals surface area contributed by atoms with E-state index >= 15 is 0 Å². The standard InChI is InChI=1S/C18H18ClNO5/c1-10-5-15(16(21)9-19)11(2)20(10)14-7-12(17(22)24-3)6-13(8-14)18(23)25-4/h5-8H,9H2,1-4H3. The molecule has 0 fully saturated rings. The maximum absolute atomic E-state index is 12.0. The van der Waals surface area contributed by atoms with Crippen molar-refractivity contribution < 1.29 is 23.9 Å². The van der Waals surface area contributed by atoms with Gasteiger partial charge in [0.1, 0.15) is 0 Å². The lowest BCUT2D eigenvalue weighted by atomic mass is 10.1. The number of ketones is 1. The molecular weight excluding hydrogens is 346 g/mol. The number of halogens is 1. The highest BCUT2D eigenvalue weighted by atomic mass is 35.5. The molecule has 1 aromatic heterocycles. The van der Waals surface area contributed by atoms with Gasteiger partial charge in [-0.05, 0) is 38.1 Å². The van der Waals surface area contributed by atoms with E-state index in [2.05, 4.69) is 0 Å². The van der Waals surface area contributed by atoms with Gasteiger partial charge in [0.2, 0.25) is 0 Å². The molecular formula is C18H18ClNO5. The first kappa shape index (κ1) is 18.7. The van der Waals surface area contributed by atoms with Gasteiger partial charge in [-0.1, -0.05) is 0 Å². The number of Topliss-reactive ketones (excluding diaryl/α,β-unsaturated/α-hetero) is 1. The summed E-state index contributed by atoms with van der Waals surface area (Å²) in [4.78, 5) is 35.8. The van der Waals surface area contributed by atoms with Crippen molar-refractivity contribution in [1.82, 2.24) is 4.57 Å². The first-order chi connectivity index (χ1) is 11.8. The summed E-state index contributed by atoms with van der Waals surface area (Å²) in [7, 11) is 2.52. The summed E-state index contributed by atoms with van der Waals surface area (Å²) >= 11 is 5.66. The fourth-order valence-electron chi connectivity index (χ4n) is 2.73. The Balaban J connectivity index is 2.70. The van der Waals surface area contributed by atoms with Crippen molar-refractivity contribution in [2.24, 2.45) is 0 Å². The molecule has 0 unspecified atom stereocenters. The van der Waals surface area contributed by atoms with Gasteiger partial charge in [-0.25, -0.2) is 9.59 Å². The number of carbonyl (C=O) groups excluding carboxylic acids is 3. The van der Waals surface area contributed by atoms with Crippen LogP contribution < -0.4 is 0 Å². The zero-order valence-corrected chi connectivity index (χ0v) is 15.1. The van der Waals surface area contributed by atoms with Crippen LogP contribution in [0, 0.1) is 13.8 Å². The van der Waals surface area contributed by atoms with Crippen LogP contribution in [-0.2, 0) is 9.47 Å². The number of methoxy groups -OCH3 is 2. The van der Waals surface area contributed by atoms with Crippen molar-refractivity contribution in [2.45, 2.75) is 13.8 Å². The van der Waals surface area contributed by atoms with Crippen LogP contribution in [-0.4, -0.2) is 42.4 Å². The summed E-state index contributed by atoms with van der Waals surface area (Å²) in [6, 6.07) is 6.31. The van der Waals surface area contributed by atoms with Gasteiger partial charge < -0.3 is 14.0 Å². The molecule has 0 bridgehead atoms. The topological polar surface area (TPSA) is 74.6 Å². The average molecular weight is 364 g/mol. The summed E-state index contributed by atoms with van der Waals surface area (Å²) in [6.45, 7) is 3.59. The van der Waals surface area contributed by atoms with Crippen molar-refractivity contribution in [3.63, 3.8) is 0 Å². The molecule has 0 N–H and O–H groups in total. The van der Waals surface area contributed by atoms with Crippen LogP contribution >= 0.6 is 11.6 Å². The zero-order chi connectivity index (χ0) is 18.7. The predicted molar refractivity (Wildman–Crippen MR) is 93.0 cm³/mol. The van der Waals surface area contributed by atoms with Crippen molar-refractivity contribution in [3.8, 4) is 5.69 Å². The third-order valence-electron chi connectivity index (χ3n) is 3.87. The van der Waals surface area contributed by atoms with Gasteiger partial charge in [0.05, 0.1) is 31.2 Å².